The molecule has 1 rings (SSSR count). The van der Waals surface area contributed by atoms with Crippen molar-refractivity contribution in [1.29, 1.82) is 0 Å². The molecule has 4 heteroatoms. The van der Waals surface area contributed by atoms with Gasteiger partial charge in [-0.3, -0.25) is 0 Å². The van der Waals surface area contributed by atoms with Crippen molar-refractivity contribution in [2.24, 2.45) is 0 Å². The summed E-state index contributed by atoms with van der Waals surface area (Å²) < 4.78 is 0. The highest BCUT2D eigenvalue weighted by Crippen LogP contribution is 2.11. The second kappa shape index (κ2) is 6.16. The van der Waals surface area contributed by atoms with Crippen LogP contribution in [0.25, 0.3) is 6.08 Å². The Kier molecular flexibility index (Phi) is 4.80. The van der Waals surface area contributed by atoms with Gasteiger partial charge >= 0.3 is 0 Å². The van der Waals surface area contributed by atoms with Crippen LogP contribution in [0, 0.1) is 0 Å². The highest BCUT2D eigenvalue weighted by atomic mass is 32.1. The lowest BCUT2D eigenvalue weighted by Crippen LogP contribution is -2.24. The second-order valence-electron chi connectivity index (χ2n) is 2.91. The monoisotopic (exact) mass is 222 g/mol. The maximum Gasteiger partial charge on any atom is 0.170 e. The maximum absolute atomic E-state index is 8.65. The Bertz CT molecular complexity index is 363. The Balaban J connectivity index is 2.74. The van der Waals surface area contributed by atoms with E-state index in [0.717, 1.165) is 11.3 Å². The van der Waals surface area contributed by atoms with Crippen molar-refractivity contribution in [1.82, 2.24) is 5.32 Å². The van der Waals surface area contributed by atoms with Crippen LogP contribution >= 0.6 is 12.2 Å². The van der Waals surface area contributed by atoms with Crippen molar-refractivity contribution >= 4 is 29.1 Å². The summed E-state index contributed by atoms with van der Waals surface area (Å²) in [5.74, 6) is 0. The van der Waals surface area contributed by atoms with Gasteiger partial charge in [-0.2, -0.15) is 0 Å². The van der Waals surface area contributed by atoms with Gasteiger partial charge in [-0.05, 0) is 29.9 Å². The fraction of sp³-hybridized carbons (Fsp3) is 0.182. The molecule has 0 aliphatic carbocycles. The zero-order valence-electron chi connectivity index (χ0n) is 8.53. The molecule has 0 heterocycles. The first-order valence-electron chi connectivity index (χ1n) is 4.62. The number of nitrogens with one attached hydrogen (secondary N) is 2. The van der Waals surface area contributed by atoms with Crippen molar-refractivity contribution < 1.29 is 5.11 Å². The van der Waals surface area contributed by atoms with E-state index in [0.29, 0.717) is 5.11 Å². The summed E-state index contributed by atoms with van der Waals surface area (Å²) in [7, 11) is 1.77. The Labute approximate surface area is 94.8 Å². The maximum atomic E-state index is 8.65. The van der Waals surface area contributed by atoms with Crippen LogP contribution in [-0.2, 0) is 0 Å². The number of hydrogen-bond acceptors (Lipinski definition) is 2. The summed E-state index contributed by atoms with van der Waals surface area (Å²) >= 11 is 4.99. The smallest absolute Gasteiger partial charge is 0.170 e. The van der Waals surface area contributed by atoms with Gasteiger partial charge in [0.05, 0.1) is 6.61 Å². The SMILES string of the molecule is CNC(=S)Nc1cccc(/C=C/CO)c1. The minimum Gasteiger partial charge on any atom is -0.392 e. The van der Waals surface area contributed by atoms with E-state index in [9.17, 15) is 0 Å². The van der Waals surface area contributed by atoms with Crippen LogP contribution in [0.15, 0.2) is 30.3 Å². The second-order valence-corrected chi connectivity index (χ2v) is 3.32. The molecule has 0 atom stereocenters. The van der Waals surface area contributed by atoms with Gasteiger partial charge in [0.2, 0.25) is 0 Å². The van der Waals surface area contributed by atoms with Gasteiger partial charge in [0.1, 0.15) is 0 Å². The number of hydrogen-bond donors (Lipinski definition) is 3. The molecule has 80 valence electrons. The van der Waals surface area contributed by atoms with Crippen LogP contribution < -0.4 is 10.6 Å². The molecule has 0 unspecified atom stereocenters. The number of benzene rings is 1. The predicted molar refractivity (Wildman–Crippen MR) is 67.8 cm³/mol. The van der Waals surface area contributed by atoms with Crippen LogP contribution in [0.2, 0.25) is 0 Å². The van der Waals surface area contributed by atoms with Crippen LogP contribution in [0.3, 0.4) is 0 Å². The Hall–Kier alpha value is -1.39. The Morgan fingerprint density at radius 1 is 1.53 bits per heavy atom. The quantitative estimate of drug-likeness (QED) is 0.680. The normalized spacial score (nSPS) is 10.3. The third-order valence-electron chi connectivity index (χ3n) is 1.79. The summed E-state index contributed by atoms with van der Waals surface area (Å²) in [4.78, 5) is 0. The summed E-state index contributed by atoms with van der Waals surface area (Å²) in [6, 6.07) is 7.77. The molecule has 1 aromatic carbocycles. The lowest BCUT2D eigenvalue weighted by molar-refractivity contribution is 0.343. The van der Waals surface area contributed by atoms with Crippen molar-refractivity contribution in [3.05, 3.63) is 35.9 Å². The van der Waals surface area contributed by atoms with Crippen molar-refractivity contribution in [2.45, 2.75) is 0 Å². The molecular weight excluding hydrogens is 208 g/mol. The minimum absolute atomic E-state index is 0.0482. The zero-order chi connectivity index (χ0) is 11.1. The Morgan fingerprint density at radius 2 is 2.33 bits per heavy atom. The fourth-order valence-electron chi connectivity index (χ4n) is 1.10. The number of thiocarbonyl (C=S) groups is 1. The van der Waals surface area contributed by atoms with E-state index in [1.807, 2.05) is 30.3 Å². The van der Waals surface area contributed by atoms with Crippen LogP contribution in [0.4, 0.5) is 5.69 Å². The van der Waals surface area contributed by atoms with E-state index < -0.39 is 0 Å². The van der Waals surface area contributed by atoms with Gasteiger partial charge in [0, 0.05) is 12.7 Å². The standard InChI is InChI=1S/C11H14N2OS/c1-12-11(15)13-10-6-2-4-9(8-10)5-3-7-14/h2-6,8,14H,7H2,1H3,(H2,12,13,15)/b5-3+. The molecule has 0 radical (unpaired) electrons. The molecule has 0 fully saturated rings. The molecule has 1 aromatic rings. The molecule has 15 heavy (non-hydrogen) atoms. The molecule has 0 aliphatic heterocycles. The summed E-state index contributed by atoms with van der Waals surface area (Å²) in [5.41, 5.74) is 1.95. The first-order valence-corrected chi connectivity index (χ1v) is 5.03. The third-order valence-corrected chi connectivity index (χ3v) is 2.09. The van der Waals surface area contributed by atoms with Crippen molar-refractivity contribution in [3.8, 4) is 0 Å². The van der Waals surface area contributed by atoms with Crippen molar-refractivity contribution in [2.75, 3.05) is 19.0 Å². The fourth-order valence-corrected chi connectivity index (χ4v) is 1.22. The lowest BCUT2D eigenvalue weighted by Gasteiger charge is -2.07. The molecule has 0 aromatic heterocycles. The lowest BCUT2D eigenvalue weighted by atomic mass is 10.2. The molecule has 0 bridgehead atoms. The van der Waals surface area contributed by atoms with Crippen LogP contribution in [-0.4, -0.2) is 23.9 Å². The van der Waals surface area contributed by atoms with Gasteiger partial charge in [-0.15, -0.1) is 0 Å². The largest absolute Gasteiger partial charge is 0.392 e. The average Bonchev–Trinajstić information content (AvgIpc) is 2.26. The molecular formula is C11H14N2OS. The molecule has 0 spiro atoms. The summed E-state index contributed by atoms with van der Waals surface area (Å²) in [6.07, 6.45) is 3.54. The number of anilines is 1. The molecule has 0 saturated heterocycles. The van der Waals surface area contributed by atoms with Gasteiger partial charge < -0.3 is 15.7 Å². The molecule has 0 aliphatic rings. The highest BCUT2D eigenvalue weighted by Gasteiger charge is 1.94. The van der Waals surface area contributed by atoms with E-state index in [1.54, 1.807) is 13.1 Å². The van der Waals surface area contributed by atoms with Crippen LogP contribution in [0.1, 0.15) is 5.56 Å². The average molecular weight is 222 g/mol. The van der Waals surface area contributed by atoms with E-state index in [2.05, 4.69) is 10.6 Å². The molecule has 3 nitrogen and oxygen atoms in total. The van der Waals surface area contributed by atoms with E-state index in [4.69, 9.17) is 17.3 Å². The highest BCUT2D eigenvalue weighted by molar-refractivity contribution is 7.80. The van der Waals surface area contributed by atoms with Gasteiger partial charge in [0.25, 0.3) is 0 Å². The summed E-state index contributed by atoms with van der Waals surface area (Å²) in [6.45, 7) is 0.0482. The molecule has 0 saturated carbocycles. The number of rotatable bonds is 3. The number of aliphatic hydroxyl groups is 1. The Morgan fingerprint density at radius 3 is 3.00 bits per heavy atom. The van der Waals surface area contributed by atoms with Crippen LogP contribution in [0.5, 0.6) is 0 Å². The van der Waals surface area contributed by atoms with Gasteiger partial charge in [-0.1, -0.05) is 24.3 Å². The first-order chi connectivity index (χ1) is 7.26. The topological polar surface area (TPSA) is 44.3 Å². The zero-order valence-corrected chi connectivity index (χ0v) is 9.34. The summed E-state index contributed by atoms with van der Waals surface area (Å²) in [5, 5.41) is 15.1. The molecule has 0 amide bonds. The van der Waals surface area contributed by atoms with Crippen molar-refractivity contribution in [3.63, 3.8) is 0 Å². The van der Waals surface area contributed by atoms with Gasteiger partial charge in [0.15, 0.2) is 5.11 Å². The van der Waals surface area contributed by atoms with Gasteiger partial charge in [-0.25, -0.2) is 0 Å². The van der Waals surface area contributed by atoms with E-state index in [-0.39, 0.29) is 6.61 Å². The minimum atomic E-state index is 0.0482. The number of aliphatic hydroxyl groups excluding tert-OH is 1. The third kappa shape index (κ3) is 4.10. The van der Waals surface area contributed by atoms with E-state index >= 15 is 0 Å². The first kappa shape index (κ1) is 11.7. The molecule has 3 N–H and O–H groups in total. The predicted octanol–water partition coefficient (Wildman–Crippen LogP) is 1.61. The van der Waals surface area contributed by atoms with E-state index in [1.165, 1.54) is 0 Å².